The monoisotopic (exact) mass is 538 g/mol. The van der Waals surface area contributed by atoms with Gasteiger partial charge < -0.3 is 10.1 Å². The molecule has 0 saturated heterocycles. The standard InChI is InChI=1S/C28H21F3N2O4S/c1-37-27(36)22-15-38-26-24(17-8-4-9-19(12-17)28(29,30)31)18(13-23(34)33(22)26)14-32-25(35)21-11-5-7-16-6-2-3-10-20(16)21/h2-13,22H,14-15H2,1H3,(H,32,35)/t22-/m0/s1. The molecule has 1 aromatic heterocycles. The molecule has 1 N–H and O–H groups in total. The van der Waals surface area contributed by atoms with Crippen LogP contribution >= 0.6 is 11.8 Å². The number of fused-ring (bicyclic) bond motifs is 2. The lowest BCUT2D eigenvalue weighted by Crippen LogP contribution is -2.31. The zero-order valence-corrected chi connectivity index (χ0v) is 20.9. The Hall–Kier alpha value is -4.05. The van der Waals surface area contributed by atoms with Crippen LogP contribution in [0.2, 0.25) is 0 Å². The second-order valence-corrected chi connectivity index (χ2v) is 9.70. The van der Waals surface area contributed by atoms with Crippen LogP contribution in [0.3, 0.4) is 0 Å². The number of hydrogen-bond donors (Lipinski definition) is 1. The Morgan fingerprint density at radius 2 is 1.79 bits per heavy atom. The second kappa shape index (κ2) is 10.0. The third-order valence-electron chi connectivity index (χ3n) is 6.40. The van der Waals surface area contributed by atoms with Crippen molar-refractivity contribution >= 4 is 34.4 Å². The summed E-state index contributed by atoms with van der Waals surface area (Å²) in [4.78, 5) is 38.6. The molecule has 0 bridgehead atoms. The van der Waals surface area contributed by atoms with Crippen LogP contribution in [0.5, 0.6) is 0 Å². The fraction of sp³-hybridized carbons (Fsp3) is 0.179. The van der Waals surface area contributed by atoms with Crippen molar-refractivity contribution in [2.24, 2.45) is 0 Å². The minimum atomic E-state index is -4.57. The Morgan fingerprint density at radius 3 is 2.55 bits per heavy atom. The number of carbonyl (C=O) groups is 2. The summed E-state index contributed by atoms with van der Waals surface area (Å²) in [5.74, 6) is -0.817. The number of rotatable bonds is 5. The van der Waals surface area contributed by atoms with Crippen LogP contribution in [0.25, 0.3) is 21.9 Å². The zero-order chi connectivity index (χ0) is 27.0. The predicted octanol–water partition coefficient (Wildman–Crippen LogP) is 5.44. The van der Waals surface area contributed by atoms with E-state index >= 15 is 0 Å². The minimum absolute atomic E-state index is 0.111. The highest BCUT2D eigenvalue weighted by atomic mass is 32.2. The van der Waals surface area contributed by atoms with Crippen molar-refractivity contribution in [3.63, 3.8) is 0 Å². The fourth-order valence-electron chi connectivity index (χ4n) is 4.62. The molecule has 2 heterocycles. The minimum Gasteiger partial charge on any atom is -0.467 e. The van der Waals surface area contributed by atoms with Crippen molar-refractivity contribution in [1.82, 2.24) is 9.88 Å². The quantitative estimate of drug-likeness (QED) is 0.343. The van der Waals surface area contributed by atoms with E-state index in [1.54, 1.807) is 12.1 Å². The molecule has 38 heavy (non-hydrogen) atoms. The first kappa shape index (κ1) is 25.6. The largest absolute Gasteiger partial charge is 0.467 e. The van der Waals surface area contributed by atoms with Crippen LogP contribution < -0.4 is 10.9 Å². The van der Waals surface area contributed by atoms with E-state index in [-0.39, 0.29) is 17.9 Å². The number of methoxy groups -OCH3 is 1. The SMILES string of the molecule is COC(=O)[C@@H]1CSc2c(-c3cccc(C(F)(F)F)c3)c(CNC(=O)c3cccc4ccccc34)cc(=O)n21. The second-order valence-electron chi connectivity index (χ2n) is 8.70. The third-order valence-corrected chi connectivity index (χ3v) is 7.56. The summed E-state index contributed by atoms with van der Waals surface area (Å²) in [6, 6.07) is 17.8. The molecule has 1 atom stereocenters. The third kappa shape index (κ3) is 4.67. The van der Waals surface area contributed by atoms with Crippen molar-refractivity contribution in [1.29, 1.82) is 0 Å². The average Bonchev–Trinajstić information content (AvgIpc) is 3.36. The van der Waals surface area contributed by atoms with Gasteiger partial charge in [-0.25, -0.2) is 4.79 Å². The van der Waals surface area contributed by atoms with Gasteiger partial charge >= 0.3 is 12.1 Å². The highest BCUT2D eigenvalue weighted by Crippen LogP contribution is 2.42. The Kier molecular flexibility index (Phi) is 6.75. The Balaban J connectivity index is 1.59. The first-order valence-corrected chi connectivity index (χ1v) is 12.6. The van der Waals surface area contributed by atoms with Crippen LogP contribution in [-0.2, 0) is 22.3 Å². The molecule has 194 valence electrons. The van der Waals surface area contributed by atoms with Crippen molar-refractivity contribution in [3.8, 4) is 11.1 Å². The predicted molar refractivity (Wildman–Crippen MR) is 138 cm³/mol. The smallest absolute Gasteiger partial charge is 0.416 e. The molecule has 3 aromatic carbocycles. The van der Waals surface area contributed by atoms with Gasteiger partial charge in [-0.05, 0) is 40.1 Å². The zero-order valence-electron chi connectivity index (χ0n) is 20.0. The molecule has 0 unspecified atom stereocenters. The summed E-state index contributed by atoms with van der Waals surface area (Å²) in [5.41, 5.74) is -0.0148. The van der Waals surface area contributed by atoms with Gasteiger partial charge in [-0.2, -0.15) is 13.2 Å². The maximum atomic E-state index is 13.5. The average molecular weight is 539 g/mol. The van der Waals surface area contributed by atoms with Crippen molar-refractivity contribution in [2.75, 3.05) is 12.9 Å². The normalized spacial score (nSPS) is 14.8. The number of aromatic nitrogens is 1. The van der Waals surface area contributed by atoms with Gasteiger partial charge in [0.25, 0.3) is 11.5 Å². The first-order valence-electron chi connectivity index (χ1n) is 11.6. The van der Waals surface area contributed by atoms with E-state index in [2.05, 4.69) is 5.32 Å². The summed E-state index contributed by atoms with van der Waals surface area (Å²) in [6.45, 7) is -0.111. The molecular formula is C28H21F3N2O4S. The molecule has 0 aliphatic carbocycles. The van der Waals surface area contributed by atoms with E-state index in [0.29, 0.717) is 21.7 Å². The highest BCUT2D eigenvalue weighted by molar-refractivity contribution is 7.99. The number of nitrogens with one attached hydrogen (secondary N) is 1. The van der Waals surface area contributed by atoms with Gasteiger partial charge in [0.1, 0.15) is 6.04 Å². The molecule has 0 saturated carbocycles. The number of halogens is 3. The van der Waals surface area contributed by atoms with Gasteiger partial charge in [0.15, 0.2) is 0 Å². The van der Waals surface area contributed by atoms with E-state index in [0.717, 1.165) is 22.9 Å². The summed E-state index contributed by atoms with van der Waals surface area (Å²) >= 11 is 1.18. The van der Waals surface area contributed by atoms with Gasteiger partial charge in [-0.15, -0.1) is 11.8 Å². The van der Waals surface area contributed by atoms with Crippen LogP contribution in [0.15, 0.2) is 82.6 Å². The van der Waals surface area contributed by atoms with Crippen molar-refractivity contribution in [3.05, 3.63) is 99.8 Å². The Bertz CT molecular complexity index is 1630. The lowest BCUT2D eigenvalue weighted by molar-refractivity contribution is -0.144. The van der Waals surface area contributed by atoms with E-state index < -0.39 is 35.2 Å². The maximum Gasteiger partial charge on any atom is 0.416 e. The number of amides is 1. The van der Waals surface area contributed by atoms with Gasteiger partial charge in [-0.1, -0.05) is 48.5 Å². The van der Waals surface area contributed by atoms with Gasteiger partial charge in [0.2, 0.25) is 0 Å². The molecule has 1 aliphatic rings. The molecule has 1 amide bonds. The molecule has 4 aromatic rings. The number of alkyl halides is 3. The molecule has 1 aliphatic heterocycles. The topological polar surface area (TPSA) is 77.4 Å². The van der Waals surface area contributed by atoms with E-state index in [1.807, 2.05) is 30.3 Å². The molecule has 0 fully saturated rings. The molecule has 5 rings (SSSR count). The first-order chi connectivity index (χ1) is 18.2. The van der Waals surface area contributed by atoms with E-state index in [9.17, 15) is 27.6 Å². The molecule has 0 radical (unpaired) electrons. The lowest BCUT2D eigenvalue weighted by atomic mass is 9.98. The highest BCUT2D eigenvalue weighted by Gasteiger charge is 2.35. The Labute approximate surface area is 219 Å². The number of thioether (sulfide) groups is 1. The fourth-order valence-corrected chi connectivity index (χ4v) is 5.97. The lowest BCUT2D eigenvalue weighted by Gasteiger charge is -2.18. The summed E-state index contributed by atoms with van der Waals surface area (Å²) in [7, 11) is 1.21. The van der Waals surface area contributed by atoms with E-state index in [1.165, 1.54) is 41.6 Å². The summed E-state index contributed by atoms with van der Waals surface area (Å²) in [5, 5.41) is 4.79. The molecule has 10 heteroatoms. The number of carbonyl (C=O) groups excluding carboxylic acids is 2. The molecule has 6 nitrogen and oxygen atoms in total. The van der Waals surface area contributed by atoms with Gasteiger partial charge in [0, 0.05) is 29.5 Å². The van der Waals surface area contributed by atoms with Crippen molar-refractivity contribution in [2.45, 2.75) is 23.8 Å². The summed E-state index contributed by atoms with van der Waals surface area (Å²) < 4.78 is 46.7. The number of pyridine rings is 1. The van der Waals surface area contributed by atoms with Crippen LogP contribution in [0, 0.1) is 0 Å². The number of ether oxygens (including phenoxy) is 1. The van der Waals surface area contributed by atoms with Crippen LogP contribution in [-0.4, -0.2) is 29.3 Å². The van der Waals surface area contributed by atoms with Crippen molar-refractivity contribution < 1.29 is 27.5 Å². The number of benzene rings is 3. The van der Waals surface area contributed by atoms with E-state index in [4.69, 9.17) is 4.74 Å². The molecule has 0 spiro atoms. The van der Waals surface area contributed by atoms with Gasteiger partial charge in [-0.3, -0.25) is 14.2 Å². The van der Waals surface area contributed by atoms with Crippen LogP contribution in [0.4, 0.5) is 13.2 Å². The number of nitrogens with zero attached hydrogens (tertiary/aromatic N) is 1. The number of esters is 1. The maximum absolute atomic E-state index is 13.5. The number of hydrogen-bond acceptors (Lipinski definition) is 5. The summed E-state index contributed by atoms with van der Waals surface area (Å²) in [6.07, 6.45) is -4.57. The molecular weight excluding hydrogens is 517 g/mol. The Morgan fingerprint density at radius 1 is 1.05 bits per heavy atom. The van der Waals surface area contributed by atoms with Gasteiger partial charge in [0.05, 0.1) is 17.7 Å². The van der Waals surface area contributed by atoms with Crippen LogP contribution in [0.1, 0.15) is 27.5 Å².